The number of nitrogens with zero attached hydrogens (tertiary/aromatic N) is 4. The predicted molar refractivity (Wildman–Crippen MR) is 67.1 cm³/mol. The van der Waals surface area contributed by atoms with Crippen LogP contribution in [-0.4, -0.2) is 47.0 Å². The summed E-state index contributed by atoms with van der Waals surface area (Å²) in [5, 5.41) is 1.67. The van der Waals surface area contributed by atoms with E-state index in [1.807, 2.05) is 19.9 Å². The summed E-state index contributed by atoms with van der Waals surface area (Å²) in [7, 11) is 0. The number of hydrogen-bond acceptors (Lipinski definition) is 5. The van der Waals surface area contributed by atoms with Crippen LogP contribution in [0.1, 0.15) is 18.3 Å². The van der Waals surface area contributed by atoms with Gasteiger partial charge in [-0.1, -0.05) is 0 Å². The minimum atomic E-state index is 0.0711. The lowest BCUT2D eigenvalue weighted by molar-refractivity contribution is -0.128. The van der Waals surface area contributed by atoms with Gasteiger partial charge in [0.15, 0.2) is 0 Å². The summed E-state index contributed by atoms with van der Waals surface area (Å²) < 4.78 is 0. The molecule has 0 spiro atoms. The normalized spacial score (nSPS) is 16.6. The molecule has 1 aliphatic heterocycles. The van der Waals surface area contributed by atoms with E-state index in [-0.39, 0.29) is 5.91 Å². The molecule has 1 amide bonds. The molecular weight excluding hydrogens is 232 g/mol. The lowest BCUT2D eigenvalue weighted by Crippen LogP contribution is -2.34. The Morgan fingerprint density at radius 3 is 2.50 bits per heavy atom. The van der Waals surface area contributed by atoms with Gasteiger partial charge in [-0.25, -0.2) is 15.0 Å². The van der Waals surface area contributed by atoms with Gasteiger partial charge in [0.05, 0.1) is 13.2 Å². The van der Waals surface area contributed by atoms with Gasteiger partial charge >= 0.3 is 0 Å². The molecule has 0 bridgehead atoms. The maximum absolute atomic E-state index is 11.3. The van der Waals surface area contributed by atoms with Crippen LogP contribution in [0.2, 0.25) is 0 Å². The quantitative estimate of drug-likeness (QED) is 0.734. The first kappa shape index (κ1) is 12.8. The molecule has 0 atom stereocenters. The van der Waals surface area contributed by atoms with E-state index >= 15 is 0 Å². The zero-order valence-corrected chi connectivity index (χ0v) is 11.0. The van der Waals surface area contributed by atoms with Gasteiger partial charge in [0, 0.05) is 31.4 Å². The minimum Gasteiger partial charge on any atom is -0.339 e. The third-order valence-corrected chi connectivity index (χ3v) is 2.82. The Kier molecular flexibility index (Phi) is 3.76. The van der Waals surface area contributed by atoms with E-state index in [1.165, 1.54) is 0 Å². The molecule has 18 heavy (non-hydrogen) atoms. The number of aromatic nitrogens is 2. The Bertz CT molecular complexity index is 429. The third kappa shape index (κ3) is 2.95. The molecule has 0 radical (unpaired) electrons. The fourth-order valence-corrected chi connectivity index (χ4v) is 1.94. The van der Waals surface area contributed by atoms with Crippen LogP contribution in [0.15, 0.2) is 6.07 Å². The average Bonchev–Trinajstić information content (AvgIpc) is 2.52. The summed E-state index contributed by atoms with van der Waals surface area (Å²) in [5.74, 6) is 0.639. The van der Waals surface area contributed by atoms with Crippen LogP contribution in [0.4, 0.5) is 5.95 Å². The summed E-state index contributed by atoms with van der Waals surface area (Å²) in [6, 6.07) is 1.92. The van der Waals surface area contributed by atoms with Gasteiger partial charge < -0.3 is 4.90 Å². The zero-order chi connectivity index (χ0) is 13.1. The molecular formula is C12H18N4O2. The van der Waals surface area contributed by atoms with Gasteiger partial charge in [-0.2, -0.15) is 0 Å². The van der Waals surface area contributed by atoms with E-state index in [2.05, 4.69) is 9.97 Å². The number of anilines is 1. The van der Waals surface area contributed by atoms with Crippen LogP contribution >= 0.6 is 0 Å². The van der Waals surface area contributed by atoms with Crippen molar-refractivity contribution in [3.05, 3.63) is 17.5 Å². The van der Waals surface area contributed by atoms with Crippen molar-refractivity contribution in [3.8, 4) is 0 Å². The van der Waals surface area contributed by atoms with Crippen molar-refractivity contribution in [1.82, 2.24) is 14.9 Å². The number of carbonyl (C=O) groups excluding carboxylic acids is 1. The SMILES string of the molecule is CC(=O)N1CCON(c2nc(C)cc(C)n2)CC1. The number of carbonyl (C=O) groups is 1. The van der Waals surface area contributed by atoms with E-state index in [4.69, 9.17) is 4.84 Å². The topological polar surface area (TPSA) is 58.6 Å². The molecule has 0 aliphatic carbocycles. The van der Waals surface area contributed by atoms with E-state index in [1.54, 1.807) is 16.9 Å². The summed E-state index contributed by atoms with van der Waals surface area (Å²) in [4.78, 5) is 27.4. The fraction of sp³-hybridized carbons (Fsp3) is 0.583. The van der Waals surface area contributed by atoms with Crippen LogP contribution in [0.3, 0.4) is 0 Å². The summed E-state index contributed by atoms with van der Waals surface area (Å²) in [5.41, 5.74) is 1.82. The average molecular weight is 250 g/mol. The predicted octanol–water partition coefficient (Wildman–Crippen LogP) is 0.694. The molecule has 0 aromatic carbocycles. The number of aryl methyl sites for hydroxylation is 2. The Morgan fingerprint density at radius 2 is 1.89 bits per heavy atom. The lowest BCUT2D eigenvalue weighted by Gasteiger charge is -2.20. The largest absolute Gasteiger partial charge is 0.339 e. The smallest absolute Gasteiger partial charge is 0.250 e. The Morgan fingerprint density at radius 1 is 1.22 bits per heavy atom. The maximum atomic E-state index is 11.3. The van der Waals surface area contributed by atoms with Crippen LogP contribution in [0, 0.1) is 13.8 Å². The van der Waals surface area contributed by atoms with Gasteiger partial charge in [0.1, 0.15) is 0 Å². The Labute approximate surface area is 107 Å². The standard InChI is InChI=1S/C12H18N4O2/c1-9-8-10(2)14-12(13-9)16-5-4-15(11(3)17)6-7-18-16/h8H,4-7H2,1-3H3. The van der Waals surface area contributed by atoms with Gasteiger partial charge in [0.2, 0.25) is 11.9 Å². The maximum Gasteiger partial charge on any atom is 0.250 e. The molecule has 1 fully saturated rings. The highest BCUT2D eigenvalue weighted by molar-refractivity contribution is 5.73. The minimum absolute atomic E-state index is 0.0711. The molecule has 1 saturated heterocycles. The number of hydrogen-bond donors (Lipinski definition) is 0. The fourth-order valence-electron chi connectivity index (χ4n) is 1.94. The van der Waals surface area contributed by atoms with Crippen molar-refractivity contribution in [2.24, 2.45) is 0 Å². The lowest BCUT2D eigenvalue weighted by atomic mass is 10.3. The van der Waals surface area contributed by atoms with Crippen LogP contribution in [0.25, 0.3) is 0 Å². The van der Waals surface area contributed by atoms with E-state index in [0.717, 1.165) is 11.4 Å². The molecule has 1 aromatic rings. The van der Waals surface area contributed by atoms with Crippen molar-refractivity contribution in [3.63, 3.8) is 0 Å². The molecule has 0 N–H and O–H groups in total. The van der Waals surface area contributed by atoms with Gasteiger partial charge in [0.25, 0.3) is 0 Å². The number of rotatable bonds is 1. The second kappa shape index (κ2) is 5.30. The first-order valence-corrected chi connectivity index (χ1v) is 6.04. The number of amides is 1. The van der Waals surface area contributed by atoms with Crippen LogP contribution < -0.4 is 5.06 Å². The van der Waals surface area contributed by atoms with E-state index in [0.29, 0.717) is 32.2 Å². The highest BCUT2D eigenvalue weighted by Crippen LogP contribution is 2.12. The van der Waals surface area contributed by atoms with Gasteiger partial charge in [-0.3, -0.25) is 9.63 Å². The van der Waals surface area contributed by atoms with Crippen molar-refractivity contribution in [2.75, 3.05) is 31.3 Å². The monoisotopic (exact) mass is 250 g/mol. The molecule has 6 nitrogen and oxygen atoms in total. The summed E-state index contributed by atoms with van der Waals surface area (Å²) in [6.45, 7) is 7.72. The zero-order valence-electron chi connectivity index (χ0n) is 11.0. The van der Waals surface area contributed by atoms with Crippen LogP contribution in [-0.2, 0) is 9.63 Å². The van der Waals surface area contributed by atoms with Gasteiger partial charge in [-0.05, 0) is 19.9 Å². The van der Waals surface area contributed by atoms with Crippen molar-refractivity contribution in [2.45, 2.75) is 20.8 Å². The summed E-state index contributed by atoms with van der Waals surface area (Å²) >= 11 is 0. The molecule has 0 unspecified atom stereocenters. The molecule has 1 aromatic heterocycles. The molecule has 1 aliphatic rings. The van der Waals surface area contributed by atoms with Crippen molar-refractivity contribution in [1.29, 1.82) is 0 Å². The van der Waals surface area contributed by atoms with E-state index in [9.17, 15) is 4.79 Å². The Balaban J connectivity index is 2.12. The van der Waals surface area contributed by atoms with Crippen molar-refractivity contribution >= 4 is 11.9 Å². The highest BCUT2D eigenvalue weighted by atomic mass is 16.7. The molecule has 2 heterocycles. The second-order valence-corrected chi connectivity index (χ2v) is 4.39. The van der Waals surface area contributed by atoms with Gasteiger partial charge in [-0.15, -0.1) is 0 Å². The third-order valence-electron chi connectivity index (χ3n) is 2.82. The van der Waals surface area contributed by atoms with Crippen molar-refractivity contribution < 1.29 is 9.63 Å². The first-order valence-electron chi connectivity index (χ1n) is 6.04. The molecule has 2 rings (SSSR count). The first-order chi connectivity index (χ1) is 8.56. The highest BCUT2D eigenvalue weighted by Gasteiger charge is 2.19. The Hall–Kier alpha value is -1.69. The summed E-state index contributed by atoms with van der Waals surface area (Å²) in [6.07, 6.45) is 0. The van der Waals surface area contributed by atoms with E-state index < -0.39 is 0 Å². The molecule has 0 saturated carbocycles. The number of hydroxylamine groups is 1. The molecule has 98 valence electrons. The van der Waals surface area contributed by atoms with Crippen LogP contribution in [0.5, 0.6) is 0 Å². The second-order valence-electron chi connectivity index (χ2n) is 4.39. The molecule has 6 heteroatoms.